The summed E-state index contributed by atoms with van der Waals surface area (Å²) in [7, 11) is 0. The van der Waals surface area contributed by atoms with Crippen molar-refractivity contribution >= 4 is 23.2 Å². The van der Waals surface area contributed by atoms with Crippen molar-refractivity contribution in [3.05, 3.63) is 34.4 Å². The highest BCUT2D eigenvalue weighted by Crippen LogP contribution is 2.36. The monoisotopic (exact) mass is 322 g/mol. The van der Waals surface area contributed by atoms with Gasteiger partial charge in [-0.15, -0.1) is 5.10 Å². The van der Waals surface area contributed by atoms with Crippen molar-refractivity contribution in [1.82, 2.24) is 19.9 Å². The van der Waals surface area contributed by atoms with Crippen LogP contribution >= 0.6 is 23.2 Å². The number of rotatable bonds is 2. The van der Waals surface area contributed by atoms with Crippen molar-refractivity contribution in [3.63, 3.8) is 0 Å². The van der Waals surface area contributed by atoms with Crippen molar-refractivity contribution in [2.45, 2.75) is 18.9 Å². The van der Waals surface area contributed by atoms with Gasteiger partial charge >= 0.3 is 0 Å². The molecular weight excluding hydrogens is 307 g/mol. The summed E-state index contributed by atoms with van der Waals surface area (Å²) in [6, 6.07) is 6.02. The van der Waals surface area contributed by atoms with Crippen LogP contribution in [0.15, 0.2) is 24.4 Å². The Labute approximate surface area is 133 Å². The highest BCUT2D eigenvalue weighted by atomic mass is 35.5. The Kier molecular flexibility index (Phi) is 3.40. The number of fused-ring (bicyclic) bond motifs is 3. The first-order valence-corrected chi connectivity index (χ1v) is 8.06. The molecule has 0 unspecified atom stereocenters. The molecule has 0 N–H and O–H groups in total. The molecule has 2 bridgehead atoms. The molecule has 4 heterocycles. The van der Waals surface area contributed by atoms with Crippen molar-refractivity contribution in [1.29, 1.82) is 0 Å². The minimum Gasteiger partial charge on any atom is -0.301 e. The summed E-state index contributed by atoms with van der Waals surface area (Å²) in [6.45, 7) is 3.56. The molecule has 6 heteroatoms. The minimum absolute atomic E-state index is 0.455. The molecule has 2 aromatic rings. The zero-order valence-corrected chi connectivity index (χ0v) is 13.1. The summed E-state index contributed by atoms with van der Waals surface area (Å²) in [5.74, 6) is 0.735. The van der Waals surface area contributed by atoms with Gasteiger partial charge in [0.25, 0.3) is 0 Å². The summed E-state index contributed by atoms with van der Waals surface area (Å²) in [5.41, 5.74) is 1.81. The molecule has 0 radical (unpaired) electrons. The number of nitrogens with zero attached hydrogens (tertiary/aromatic N) is 4. The highest BCUT2D eigenvalue weighted by molar-refractivity contribution is 6.42. The fraction of sp³-hybridized carbons (Fsp3) is 0.467. The number of halogens is 2. The first-order chi connectivity index (χ1) is 10.2. The third-order valence-corrected chi connectivity index (χ3v) is 5.43. The molecule has 1 aromatic heterocycles. The molecule has 0 saturated carbocycles. The summed E-state index contributed by atoms with van der Waals surface area (Å²) < 4.78 is 2.04. The largest absolute Gasteiger partial charge is 0.301 e. The zero-order chi connectivity index (χ0) is 14.4. The Morgan fingerprint density at radius 1 is 1.10 bits per heavy atom. The van der Waals surface area contributed by atoms with E-state index in [1.165, 1.54) is 25.9 Å². The van der Waals surface area contributed by atoms with Crippen LogP contribution in [0.1, 0.15) is 18.9 Å². The number of benzene rings is 1. The van der Waals surface area contributed by atoms with E-state index in [-0.39, 0.29) is 0 Å². The second-order valence-corrected chi connectivity index (χ2v) is 6.73. The van der Waals surface area contributed by atoms with Crippen LogP contribution in [0.2, 0.25) is 10.0 Å². The lowest BCUT2D eigenvalue weighted by Crippen LogP contribution is -2.48. The summed E-state index contributed by atoms with van der Waals surface area (Å²) >= 11 is 12.0. The van der Waals surface area contributed by atoms with Gasteiger partial charge in [-0.1, -0.05) is 34.5 Å². The van der Waals surface area contributed by atoms with Gasteiger partial charge in [0.2, 0.25) is 0 Å². The van der Waals surface area contributed by atoms with Gasteiger partial charge in [-0.3, -0.25) is 0 Å². The zero-order valence-electron chi connectivity index (χ0n) is 11.5. The number of aromatic nitrogens is 3. The quantitative estimate of drug-likeness (QED) is 0.848. The number of piperidine rings is 3. The molecule has 1 aromatic carbocycles. The van der Waals surface area contributed by atoms with Gasteiger partial charge in [0.1, 0.15) is 5.69 Å². The van der Waals surface area contributed by atoms with Crippen LogP contribution < -0.4 is 0 Å². The standard InChI is InChI=1S/C15H16Cl2N4/c16-12-2-1-11(7-13(12)17)14-8-21(19-18-14)15-9-20-5-3-10(15)4-6-20/h1-2,7-8,10,15H,3-6,9H2/t15-/m0/s1. The smallest absolute Gasteiger partial charge is 0.113 e. The molecule has 110 valence electrons. The molecule has 3 aliphatic rings. The van der Waals surface area contributed by atoms with Crippen LogP contribution in [-0.2, 0) is 0 Å². The van der Waals surface area contributed by atoms with Crippen LogP contribution in [-0.4, -0.2) is 39.5 Å². The first-order valence-electron chi connectivity index (χ1n) is 7.30. The lowest BCUT2D eigenvalue weighted by atomic mass is 9.84. The van der Waals surface area contributed by atoms with E-state index < -0.39 is 0 Å². The topological polar surface area (TPSA) is 34.0 Å². The van der Waals surface area contributed by atoms with Crippen LogP contribution in [0.25, 0.3) is 11.3 Å². The van der Waals surface area contributed by atoms with Crippen molar-refractivity contribution < 1.29 is 0 Å². The normalized spacial score (nSPS) is 28.0. The number of hydrogen-bond acceptors (Lipinski definition) is 3. The van der Waals surface area contributed by atoms with Crippen molar-refractivity contribution in [2.24, 2.45) is 5.92 Å². The predicted molar refractivity (Wildman–Crippen MR) is 83.7 cm³/mol. The first kappa shape index (κ1) is 13.6. The fourth-order valence-corrected chi connectivity index (χ4v) is 3.76. The maximum absolute atomic E-state index is 6.08. The van der Waals surface area contributed by atoms with Gasteiger partial charge in [0, 0.05) is 12.1 Å². The minimum atomic E-state index is 0.455. The molecule has 0 amide bonds. The molecule has 3 saturated heterocycles. The van der Waals surface area contributed by atoms with E-state index in [1.54, 1.807) is 6.07 Å². The average Bonchev–Trinajstić information content (AvgIpc) is 3.01. The lowest BCUT2D eigenvalue weighted by molar-refractivity contribution is 0.0504. The van der Waals surface area contributed by atoms with E-state index in [4.69, 9.17) is 23.2 Å². The maximum Gasteiger partial charge on any atom is 0.113 e. The third kappa shape index (κ3) is 2.45. The SMILES string of the molecule is Clc1ccc(-c2cn([C@H]3CN4CCC3CC4)nn2)cc1Cl. The van der Waals surface area contributed by atoms with E-state index >= 15 is 0 Å². The summed E-state index contributed by atoms with van der Waals surface area (Å²) in [4.78, 5) is 2.52. The second-order valence-electron chi connectivity index (χ2n) is 5.92. The van der Waals surface area contributed by atoms with Gasteiger partial charge in [-0.2, -0.15) is 0 Å². The summed E-state index contributed by atoms with van der Waals surface area (Å²) in [5, 5.41) is 9.77. The van der Waals surface area contributed by atoms with Gasteiger partial charge in [0.15, 0.2) is 0 Å². The van der Waals surface area contributed by atoms with Crippen LogP contribution in [0.5, 0.6) is 0 Å². The molecule has 0 aliphatic carbocycles. The van der Waals surface area contributed by atoms with Crippen LogP contribution in [0, 0.1) is 5.92 Å². The molecule has 1 atom stereocenters. The number of hydrogen-bond donors (Lipinski definition) is 0. The molecule has 3 fully saturated rings. The Balaban J connectivity index is 1.62. The Hall–Kier alpha value is -1.10. The summed E-state index contributed by atoms with van der Waals surface area (Å²) in [6.07, 6.45) is 4.57. The van der Waals surface area contributed by atoms with E-state index in [0.717, 1.165) is 23.7 Å². The fourth-order valence-electron chi connectivity index (χ4n) is 3.46. The highest BCUT2D eigenvalue weighted by Gasteiger charge is 2.35. The van der Waals surface area contributed by atoms with Crippen molar-refractivity contribution in [2.75, 3.05) is 19.6 Å². The molecule has 3 aliphatic heterocycles. The van der Waals surface area contributed by atoms with E-state index in [9.17, 15) is 0 Å². The van der Waals surface area contributed by atoms with Crippen LogP contribution in [0.4, 0.5) is 0 Å². The Bertz CT molecular complexity index is 661. The molecular formula is C15H16Cl2N4. The molecule has 0 spiro atoms. The molecule has 5 rings (SSSR count). The molecule has 21 heavy (non-hydrogen) atoms. The van der Waals surface area contributed by atoms with Gasteiger partial charge < -0.3 is 4.90 Å². The predicted octanol–water partition coefficient (Wildman–Crippen LogP) is 3.52. The second kappa shape index (κ2) is 5.27. The van der Waals surface area contributed by atoms with Gasteiger partial charge in [0.05, 0.1) is 22.3 Å². The van der Waals surface area contributed by atoms with Crippen molar-refractivity contribution in [3.8, 4) is 11.3 Å². The third-order valence-electron chi connectivity index (χ3n) is 4.69. The molecule has 4 nitrogen and oxygen atoms in total. The Morgan fingerprint density at radius 2 is 1.90 bits per heavy atom. The van der Waals surface area contributed by atoms with Crippen LogP contribution in [0.3, 0.4) is 0 Å². The van der Waals surface area contributed by atoms with E-state index in [2.05, 4.69) is 15.2 Å². The van der Waals surface area contributed by atoms with Gasteiger partial charge in [-0.25, -0.2) is 4.68 Å². The maximum atomic E-state index is 6.08. The average molecular weight is 323 g/mol. The van der Waals surface area contributed by atoms with E-state index in [0.29, 0.717) is 16.1 Å². The lowest BCUT2D eigenvalue weighted by Gasteiger charge is -2.44. The Morgan fingerprint density at radius 3 is 2.57 bits per heavy atom. The van der Waals surface area contributed by atoms with Gasteiger partial charge in [-0.05, 0) is 44.0 Å². The van der Waals surface area contributed by atoms with E-state index in [1.807, 2.05) is 23.0 Å².